The van der Waals surface area contributed by atoms with E-state index >= 15 is 0 Å². The summed E-state index contributed by atoms with van der Waals surface area (Å²) in [7, 11) is 0. The number of unbranched alkanes of at least 4 members (excludes halogenated alkanes) is 15. The van der Waals surface area contributed by atoms with Gasteiger partial charge in [0.2, 0.25) is 23.6 Å². The molecular formula is C33H63N5O5. The van der Waals surface area contributed by atoms with Crippen LogP contribution in [0.4, 0.5) is 0 Å². The van der Waals surface area contributed by atoms with Gasteiger partial charge in [-0.3, -0.25) is 19.2 Å². The third kappa shape index (κ3) is 17.0. The molecule has 4 amide bonds. The SMILES string of the molecule is CCCCCCCCCCCCCCCCCC(=O)N[C@@H](CCCCN)C(=O)N1CCC[C@@H]1C(=O)N[C@H](C(N)=O)[C@@H](C)O. The van der Waals surface area contributed by atoms with Gasteiger partial charge in [0.15, 0.2) is 0 Å². The molecule has 0 spiro atoms. The third-order valence-corrected chi connectivity index (χ3v) is 8.51. The number of hydrogen-bond acceptors (Lipinski definition) is 6. The van der Waals surface area contributed by atoms with Gasteiger partial charge in [0.1, 0.15) is 18.1 Å². The van der Waals surface area contributed by atoms with Crippen molar-refractivity contribution in [2.75, 3.05) is 13.1 Å². The molecule has 250 valence electrons. The highest BCUT2D eigenvalue weighted by Crippen LogP contribution is 2.21. The number of nitrogens with two attached hydrogens (primary N) is 2. The molecule has 10 nitrogen and oxygen atoms in total. The number of carbonyl (C=O) groups excluding carboxylic acids is 4. The van der Waals surface area contributed by atoms with Crippen molar-refractivity contribution in [2.24, 2.45) is 11.5 Å². The topological polar surface area (TPSA) is 168 Å². The highest BCUT2D eigenvalue weighted by molar-refractivity contribution is 5.94. The quantitative estimate of drug-likeness (QED) is 0.0921. The van der Waals surface area contributed by atoms with E-state index in [0.717, 1.165) is 25.7 Å². The fourth-order valence-electron chi connectivity index (χ4n) is 5.86. The zero-order valence-electron chi connectivity index (χ0n) is 27.3. The van der Waals surface area contributed by atoms with Gasteiger partial charge in [-0.2, -0.15) is 0 Å². The molecule has 1 aliphatic rings. The highest BCUT2D eigenvalue weighted by Gasteiger charge is 2.39. The molecule has 0 aromatic rings. The lowest BCUT2D eigenvalue weighted by Crippen LogP contribution is -2.57. The Hall–Kier alpha value is -2.20. The average Bonchev–Trinajstić information content (AvgIpc) is 3.47. The lowest BCUT2D eigenvalue weighted by molar-refractivity contribution is -0.142. The lowest BCUT2D eigenvalue weighted by atomic mass is 10.0. The molecule has 0 bridgehead atoms. The van der Waals surface area contributed by atoms with Gasteiger partial charge < -0.3 is 32.1 Å². The Morgan fingerprint density at radius 3 is 1.84 bits per heavy atom. The summed E-state index contributed by atoms with van der Waals surface area (Å²) in [6, 6.07) is -2.75. The highest BCUT2D eigenvalue weighted by atomic mass is 16.3. The second-order valence-corrected chi connectivity index (χ2v) is 12.4. The molecule has 0 aromatic heterocycles. The van der Waals surface area contributed by atoms with Gasteiger partial charge in [-0.05, 0) is 52.0 Å². The molecule has 4 atom stereocenters. The molecule has 43 heavy (non-hydrogen) atoms. The molecule has 1 aliphatic heterocycles. The van der Waals surface area contributed by atoms with Crippen molar-refractivity contribution in [3.05, 3.63) is 0 Å². The number of hydrogen-bond donors (Lipinski definition) is 5. The molecule has 0 radical (unpaired) electrons. The van der Waals surface area contributed by atoms with Crippen LogP contribution in [0.5, 0.6) is 0 Å². The Labute approximate surface area is 260 Å². The summed E-state index contributed by atoms with van der Waals surface area (Å²) >= 11 is 0. The summed E-state index contributed by atoms with van der Waals surface area (Å²) < 4.78 is 0. The molecule has 0 aromatic carbocycles. The van der Waals surface area contributed by atoms with Crippen molar-refractivity contribution in [1.82, 2.24) is 15.5 Å². The Kier molecular flexibility index (Phi) is 21.8. The smallest absolute Gasteiger partial charge is 0.245 e. The standard InChI is InChI=1S/C33H63N5O5/c1-3-4-5-6-7-8-9-10-11-12-13-14-15-16-17-23-29(40)36-27(21-18-19-24-34)33(43)38-25-20-22-28(38)32(42)37-30(26(2)39)31(35)41/h26-28,30,39H,3-25,34H2,1-2H3,(H2,35,41)(H,36,40)(H,37,42)/t26-,27+,28-,30+/m1/s1. The van der Waals surface area contributed by atoms with Gasteiger partial charge in [-0.15, -0.1) is 0 Å². The largest absolute Gasteiger partial charge is 0.391 e. The fraction of sp³-hybridized carbons (Fsp3) is 0.879. The second kappa shape index (κ2) is 24.2. The lowest BCUT2D eigenvalue weighted by Gasteiger charge is -2.30. The van der Waals surface area contributed by atoms with Crippen molar-refractivity contribution in [2.45, 2.75) is 173 Å². The molecule has 7 N–H and O–H groups in total. The van der Waals surface area contributed by atoms with Crippen LogP contribution in [-0.2, 0) is 19.2 Å². The zero-order valence-corrected chi connectivity index (χ0v) is 27.3. The molecule has 0 unspecified atom stereocenters. The van der Waals surface area contributed by atoms with Gasteiger partial charge in [0, 0.05) is 13.0 Å². The molecule has 10 heteroatoms. The number of amides is 4. The zero-order chi connectivity index (χ0) is 31.9. The van der Waals surface area contributed by atoms with Crippen LogP contribution in [0.25, 0.3) is 0 Å². The summed E-state index contributed by atoms with van der Waals surface area (Å²) in [6.45, 7) is 4.51. The number of primary amides is 1. The third-order valence-electron chi connectivity index (χ3n) is 8.51. The monoisotopic (exact) mass is 609 g/mol. The number of rotatable bonds is 26. The van der Waals surface area contributed by atoms with Gasteiger partial charge in [-0.1, -0.05) is 96.8 Å². The van der Waals surface area contributed by atoms with E-state index in [9.17, 15) is 24.3 Å². The number of aliphatic hydroxyl groups excluding tert-OH is 1. The number of nitrogens with zero attached hydrogens (tertiary/aromatic N) is 1. The number of carbonyl (C=O) groups is 4. The predicted octanol–water partition coefficient (Wildman–Crippen LogP) is 4.20. The van der Waals surface area contributed by atoms with Crippen molar-refractivity contribution < 1.29 is 24.3 Å². The summed E-state index contributed by atoms with van der Waals surface area (Å²) in [6.07, 6.45) is 21.0. The van der Waals surface area contributed by atoms with E-state index in [-0.39, 0.29) is 11.8 Å². The number of nitrogens with one attached hydrogen (secondary N) is 2. The van der Waals surface area contributed by atoms with Crippen molar-refractivity contribution in [1.29, 1.82) is 0 Å². The van der Waals surface area contributed by atoms with E-state index in [1.807, 2.05) is 0 Å². The maximum Gasteiger partial charge on any atom is 0.245 e. The fourth-order valence-corrected chi connectivity index (χ4v) is 5.86. The average molecular weight is 610 g/mol. The number of likely N-dealkylation sites (tertiary alicyclic amines) is 1. The van der Waals surface area contributed by atoms with Crippen LogP contribution < -0.4 is 22.1 Å². The van der Waals surface area contributed by atoms with Gasteiger partial charge in [-0.25, -0.2) is 0 Å². The van der Waals surface area contributed by atoms with Crippen LogP contribution in [0.1, 0.15) is 149 Å². The van der Waals surface area contributed by atoms with Crippen LogP contribution in [0.2, 0.25) is 0 Å². The predicted molar refractivity (Wildman–Crippen MR) is 172 cm³/mol. The van der Waals surface area contributed by atoms with Crippen molar-refractivity contribution >= 4 is 23.6 Å². The van der Waals surface area contributed by atoms with Crippen LogP contribution in [0, 0.1) is 0 Å². The Balaban J connectivity index is 2.39. The molecule has 1 heterocycles. The molecular weight excluding hydrogens is 546 g/mol. The summed E-state index contributed by atoms with van der Waals surface area (Å²) in [4.78, 5) is 52.4. The van der Waals surface area contributed by atoms with Gasteiger partial charge >= 0.3 is 0 Å². The molecule has 1 fully saturated rings. The minimum atomic E-state index is -1.24. The molecule has 1 rings (SSSR count). The Bertz CT molecular complexity index is 794. The Morgan fingerprint density at radius 1 is 0.814 bits per heavy atom. The maximum atomic E-state index is 13.5. The maximum absolute atomic E-state index is 13.5. The minimum Gasteiger partial charge on any atom is -0.391 e. The van der Waals surface area contributed by atoms with Crippen LogP contribution in [0.15, 0.2) is 0 Å². The first-order valence-electron chi connectivity index (χ1n) is 17.3. The Morgan fingerprint density at radius 2 is 1.35 bits per heavy atom. The first-order chi connectivity index (χ1) is 20.7. The second-order valence-electron chi connectivity index (χ2n) is 12.4. The van der Waals surface area contributed by atoms with Crippen molar-refractivity contribution in [3.8, 4) is 0 Å². The van der Waals surface area contributed by atoms with Gasteiger partial charge in [0.25, 0.3) is 0 Å². The molecule has 1 saturated heterocycles. The van der Waals surface area contributed by atoms with E-state index in [0.29, 0.717) is 45.2 Å². The minimum absolute atomic E-state index is 0.149. The summed E-state index contributed by atoms with van der Waals surface area (Å²) in [5.74, 6) is -1.82. The van der Waals surface area contributed by atoms with Crippen LogP contribution in [0.3, 0.4) is 0 Å². The normalized spacial score (nSPS) is 16.9. The van der Waals surface area contributed by atoms with Crippen LogP contribution >= 0.6 is 0 Å². The molecule has 0 saturated carbocycles. The first kappa shape index (κ1) is 38.8. The summed E-state index contributed by atoms with van der Waals surface area (Å²) in [5, 5.41) is 15.2. The van der Waals surface area contributed by atoms with E-state index < -0.39 is 36.0 Å². The van der Waals surface area contributed by atoms with E-state index in [2.05, 4.69) is 17.6 Å². The van der Waals surface area contributed by atoms with Gasteiger partial charge in [0.05, 0.1) is 6.10 Å². The summed E-state index contributed by atoms with van der Waals surface area (Å²) in [5.41, 5.74) is 11.0. The number of aliphatic hydroxyl groups is 1. The van der Waals surface area contributed by atoms with Crippen LogP contribution in [-0.4, -0.2) is 71.0 Å². The van der Waals surface area contributed by atoms with E-state index in [4.69, 9.17) is 11.5 Å². The molecule has 0 aliphatic carbocycles. The van der Waals surface area contributed by atoms with E-state index in [1.54, 1.807) is 0 Å². The van der Waals surface area contributed by atoms with Crippen molar-refractivity contribution in [3.63, 3.8) is 0 Å². The van der Waals surface area contributed by atoms with E-state index in [1.165, 1.54) is 88.9 Å². The first-order valence-corrected chi connectivity index (χ1v) is 17.3.